The summed E-state index contributed by atoms with van der Waals surface area (Å²) in [4.78, 5) is 10.4. The van der Waals surface area contributed by atoms with Crippen molar-refractivity contribution in [1.29, 1.82) is 0 Å². The molecule has 58 valence electrons. The van der Waals surface area contributed by atoms with Crippen LogP contribution in [0.2, 0.25) is 0 Å². The van der Waals surface area contributed by atoms with Crippen molar-refractivity contribution in [1.82, 2.24) is 5.32 Å². The van der Waals surface area contributed by atoms with Gasteiger partial charge in [0.2, 0.25) is 0 Å². The third-order valence-electron chi connectivity index (χ3n) is 1.75. The lowest BCUT2D eigenvalue weighted by atomic mass is 10.0. The minimum atomic E-state index is -0.771. The minimum Gasteiger partial charge on any atom is -0.480 e. The van der Waals surface area contributed by atoms with Gasteiger partial charge in [0.1, 0.15) is 6.04 Å². The lowest BCUT2D eigenvalue weighted by Crippen LogP contribution is -2.48. The molecule has 0 amide bonds. The van der Waals surface area contributed by atoms with E-state index in [4.69, 9.17) is 10.8 Å². The average Bonchev–Trinajstić information content (AvgIpc) is 1.88. The molecule has 10 heavy (non-hydrogen) atoms. The number of hydrogen-bond donors (Lipinski definition) is 3. The summed E-state index contributed by atoms with van der Waals surface area (Å²) < 4.78 is 0. The molecule has 0 aromatic rings. The topological polar surface area (TPSA) is 75.4 Å². The summed E-state index contributed by atoms with van der Waals surface area (Å²) in [5.74, 6) is -0.771. The number of rotatable bonds is 1. The number of nitrogens with two attached hydrogens (primary N) is 1. The quantitative estimate of drug-likeness (QED) is 0.448. The van der Waals surface area contributed by atoms with E-state index in [0.717, 1.165) is 6.42 Å². The molecular weight excluding hydrogens is 132 g/mol. The van der Waals surface area contributed by atoms with E-state index in [1.54, 1.807) is 0 Å². The van der Waals surface area contributed by atoms with Crippen LogP contribution >= 0.6 is 0 Å². The highest BCUT2D eigenvalue weighted by atomic mass is 16.4. The molecule has 1 aliphatic rings. The van der Waals surface area contributed by atoms with Gasteiger partial charge in [-0.1, -0.05) is 0 Å². The number of carboxylic acids is 1. The second-order valence-corrected chi connectivity index (χ2v) is 2.64. The smallest absolute Gasteiger partial charge is 0.320 e. The SMILES string of the molecule is N[C@@H]1CC[C@H](C(=O)O)NC1. The zero-order valence-electron chi connectivity index (χ0n) is 5.71. The zero-order chi connectivity index (χ0) is 7.56. The Kier molecular flexibility index (Phi) is 2.24. The molecule has 1 rings (SSSR count). The lowest BCUT2D eigenvalue weighted by Gasteiger charge is -2.24. The van der Waals surface area contributed by atoms with Gasteiger partial charge < -0.3 is 16.2 Å². The normalized spacial score (nSPS) is 33.7. The van der Waals surface area contributed by atoms with Gasteiger partial charge in [-0.25, -0.2) is 0 Å². The highest BCUT2D eigenvalue weighted by molar-refractivity contribution is 5.73. The fourth-order valence-electron chi connectivity index (χ4n) is 1.09. The molecule has 0 radical (unpaired) electrons. The van der Waals surface area contributed by atoms with E-state index in [2.05, 4.69) is 5.32 Å². The Morgan fingerprint density at radius 2 is 2.30 bits per heavy atom. The second kappa shape index (κ2) is 2.98. The van der Waals surface area contributed by atoms with Crippen molar-refractivity contribution in [2.45, 2.75) is 24.9 Å². The first kappa shape index (κ1) is 7.50. The molecular formula is C6H12N2O2. The van der Waals surface area contributed by atoms with Crippen molar-refractivity contribution in [3.63, 3.8) is 0 Å². The average molecular weight is 144 g/mol. The molecule has 4 N–H and O–H groups in total. The lowest BCUT2D eigenvalue weighted by molar-refractivity contribution is -0.140. The fourth-order valence-corrected chi connectivity index (χ4v) is 1.09. The number of carboxylic acid groups (broad SMARTS) is 1. The summed E-state index contributed by atoms with van der Waals surface area (Å²) in [5.41, 5.74) is 5.54. The predicted octanol–water partition coefficient (Wildman–Crippen LogP) is -0.850. The Hall–Kier alpha value is -0.610. The summed E-state index contributed by atoms with van der Waals surface area (Å²) in [5, 5.41) is 11.4. The maximum Gasteiger partial charge on any atom is 0.320 e. The molecule has 2 atom stereocenters. The Labute approximate surface area is 59.4 Å². The van der Waals surface area contributed by atoms with E-state index in [0.29, 0.717) is 13.0 Å². The van der Waals surface area contributed by atoms with Gasteiger partial charge in [0, 0.05) is 12.6 Å². The molecule has 0 bridgehead atoms. The number of aliphatic carboxylic acids is 1. The van der Waals surface area contributed by atoms with Crippen LogP contribution in [0.4, 0.5) is 0 Å². The van der Waals surface area contributed by atoms with Crippen molar-refractivity contribution < 1.29 is 9.90 Å². The molecule has 4 nitrogen and oxygen atoms in total. The zero-order valence-corrected chi connectivity index (χ0v) is 5.71. The predicted molar refractivity (Wildman–Crippen MR) is 36.6 cm³/mol. The monoisotopic (exact) mass is 144 g/mol. The minimum absolute atomic E-state index is 0.135. The maximum atomic E-state index is 10.4. The molecule has 1 saturated heterocycles. The van der Waals surface area contributed by atoms with Gasteiger partial charge in [0.25, 0.3) is 0 Å². The van der Waals surface area contributed by atoms with Gasteiger partial charge in [0.15, 0.2) is 0 Å². The summed E-state index contributed by atoms with van der Waals surface area (Å²) in [6, 6.07) is -0.240. The number of hydrogen-bond acceptors (Lipinski definition) is 3. The standard InChI is InChI=1S/C6H12N2O2/c7-4-1-2-5(6(9)10)8-3-4/h4-5,8H,1-3,7H2,(H,9,10)/t4-,5-/m1/s1. The number of carbonyl (C=O) groups is 1. The van der Waals surface area contributed by atoms with Crippen LogP contribution in [0.3, 0.4) is 0 Å². The molecule has 0 aromatic heterocycles. The third-order valence-corrected chi connectivity index (χ3v) is 1.75. The summed E-state index contributed by atoms with van der Waals surface area (Å²) in [7, 11) is 0. The van der Waals surface area contributed by atoms with Crippen LogP contribution in [0, 0.1) is 0 Å². The van der Waals surface area contributed by atoms with Crippen LogP contribution in [-0.2, 0) is 4.79 Å². The Morgan fingerprint density at radius 1 is 1.60 bits per heavy atom. The molecule has 1 heterocycles. The van der Waals surface area contributed by atoms with E-state index >= 15 is 0 Å². The Bertz CT molecular complexity index is 130. The highest BCUT2D eigenvalue weighted by Gasteiger charge is 2.22. The van der Waals surface area contributed by atoms with Crippen LogP contribution < -0.4 is 11.1 Å². The fraction of sp³-hybridized carbons (Fsp3) is 0.833. The van der Waals surface area contributed by atoms with Gasteiger partial charge in [0.05, 0.1) is 0 Å². The Morgan fingerprint density at radius 3 is 2.70 bits per heavy atom. The first-order valence-electron chi connectivity index (χ1n) is 3.42. The van der Waals surface area contributed by atoms with E-state index < -0.39 is 5.97 Å². The first-order valence-corrected chi connectivity index (χ1v) is 3.42. The van der Waals surface area contributed by atoms with Crippen LogP contribution in [0.5, 0.6) is 0 Å². The van der Waals surface area contributed by atoms with Crippen LogP contribution in [-0.4, -0.2) is 29.7 Å². The molecule has 0 aromatic carbocycles. The summed E-state index contributed by atoms with van der Waals surface area (Å²) >= 11 is 0. The summed E-state index contributed by atoms with van der Waals surface area (Å²) in [6.45, 7) is 0.622. The Balaban J connectivity index is 2.33. The molecule has 0 spiro atoms. The number of piperidine rings is 1. The van der Waals surface area contributed by atoms with E-state index in [1.807, 2.05) is 0 Å². The number of nitrogens with one attached hydrogen (secondary N) is 1. The van der Waals surface area contributed by atoms with Gasteiger partial charge in [-0.3, -0.25) is 4.79 Å². The van der Waals surface area contributed by atoms with Crippen molar-refractivity contribution in [3.8, 4) is 0 Å². The summed E-state index contributed by atoms with van der Waals surface area (Å²) in [6.07, 6.45) is 1.46. The molecule has 1 aliphatic heterocycles. The molecule has 0 aliphatic carbocycles. The van der Waals surface area contributed by atoms with Crippen LogP contribution in [0.15, 0.2) is 0 Å². The van der Waals surface area contributed by atoms with Gasteiger partial charge in [-0.05, 0) is 12.8 Å². The van der Waals surface area contributed by atoms with E-state index in [9.17, 15) is 4.79 Å². The first-order chi connectivity index (χ1) is 4.70. The second-order valence-electron chi connectivity index (χ2n) is 2.64. The molecule has 0 unspecified atom stereocenters. The van der Waals surface area contributed by atoms with Gasteiger partial charge in [-0.2, -0.15) is 0 Å². The van der Waals surface area contributed by atoms with Gasteiger partial charge >= 0.3 is 5.97 Å². The van der Waals surface area contributed by atoms with Crippen molar-refractivity contribution >= 4 is 5.97 Å². The molecule has 0 saturated carbocycles. The van der Waals surface area contributed by atoms with Crippen LogP contribution in [0.1, 0.15) is 12.8 Å². The maximum absolute atomic E-state index is 10.4. The highest BCUT2D eigenvalue weighted by Crippen LogP contribution is 2.05. The largest absolute Gasteiger partial charge is 0.480 e. The van der Waals surface area contributed by atoms with Gasteiger partial charge in [-0.15, -0.1) is 0 Å². The van der Waals surface area contributed by atoms with Crippen LogP contribution in [0.25, 0.3) is 0 Å². The van der Waals surface area contributed by atoms with E-state index in [-0.39, 0.29) is 12.1 Å². The van der Waals surface area contributed by atoms with E-state index in [1.165, 1.54) is 0 Å². The molecule has 1 fully saturated rings. The van der Waals surface area contributed by atoms with Crippen molar-refractivity contribution in [2.75, 3.05) is 6.54 Å². The van der Waals surface area contributed by atoms with Crippen molar-refractivity contribution in [3.05, 3.63) is 0 Å². The van der Waals surface area contributed by atoms with Crippen molar-refractivity contribution in [2.24, 2.45) is 5.73 Å². The molecule has 4 heteroatoms. The third kappa shape index (κ3) is 1.68.